The first-order chi connectivity index (χ1) is 12.2. The summed E-state index contributed by atoms with van der Waals surface area (Å²) in [5.74, 6) is -1.72. The van der Waals surface area contributed by atoms with Crippen molar-refractivity contribution < 1.29 is 9.59 Å². The Hall–Kier alpha value is -3.76. The highest BCUT2D eigenvalue weighted by molar-refractivity contribution is 6.11. The van der Waals surface area contributed by atoms with Gasteiger partial charge in [0.25, 0.3) is 0 Å². The van der Waals surface area contributed by atoms with Gasteiger partial charge in [0.2, 0.25) is 5.78 Å². The number of nitrogens with zero attached hydrogens (tertiary/aromatic N) is 2. The van der Waals surface area contributed by atoms with Crippen LogP contribution in [-0.4, -0.2) is 11.6 Å². The van der Waals surface area contributed by atoms with Crippen LogP contribution in [0.3, 0.4) is 0 Å². The fourth-order valence-corrected chi connectivity index (χ4v) is 2.14. The lowest BCUT2D eigenvalue weighted by Crippen LogP contribution is -2.10. The largest absolute Gasteiger partial charge is 0.292 e. The molecule has 4 heteroatoms. The van der Waals surface area contributed by atoms with Crippen LogP contribution >= 0.6 is 0 Å². The Morgan fingerprint density at radius 2 is 1.44 bits per heavy atom. The number of rotatable bonds is 6. The molecule has 25 heavy (non-hydrogen) atoms. The van der Waals surface area contributed by atoms with Gasteiger partial charge in [-0.05, 0) is 6.08 Å². The van der Waals surface area contributed by atoms with Gasteiger partial charge in [-0.1, -0.05) is 72.8 Å². The first-order valence-electron chi connectivity index (χ1n) is 7.54. The average molecular weight is 326 g/mol. The van der Waals surface area contributed by atoms with Crippen LogP contribution in [0.25, 0.3) is 0 Å². The molecule has 0 aromatic heterocycles. The van der Waals surface area contributed by atoms with Gasteiger partial charge in [-0.2, -0.15) is 10.5 Å². The molecule has 0 bridgehead atoms. The molecule has 1 atom stereocenters. The number of benzene rings is 2. The SMILES string of the molecule is N#CC(=CC=CC(C#N)C(=O)c1ccccc1)C(=O)c1ccccc1. The second-order valence-electron chi connectivity index (χ2n) is 5.11. The van der Waals surface area contributed by atoms with E-state index in [0.29, 0.717) is 11.1 Å². The van der Waals surface area contributed by atoms with Crippen molar-refractivity contribution in [2.24, 2.45) is 5.92 Å². The minimum atomic E-state index is -0.981. The normalized spacial score (nSPS) is 12.2. The van der Waals surface area contributed by atoms with Crippen LogP contribution in [0.2, 0.25) is 0 Å². The van der Waals surface area contributed by atoms with E-state index in [4.69, 9.17) is 5.26 Å². The summed E-state index contributed by atoms with van der Waals surface area (Å²) in [5.41, 5.74) is 0.774. The molecule has 0 aliphatic rings. The number of Topliss-reactive ketones (excluding diaryl/α,β-unsaturated/α-hetero) is 2. The van der Waals surface area contributed by atoms with Gasteiger partial charge in [-0.3, -0.25) is 9.59 Å². The van der Waals surface area contributed by atoms with E-state index in [1.807, 2.05) is 12.1 Å². The van der Waals surface area contributed by atoms with Crippen molar-refractivity contribution in [2.75, 3.05) is 0 Å². The summed E-state index contributed by atoms with van der Waals surface area (Å²) >= 11 is 0. The van der Waals surface area contributed by atoms with Gasteiger partial charge in [-0.25, -0.2) is 0 Å². The predicted octanol–water partition coefficient (Wildman–Crippen LogP) is 3.90. The van der Waals surface area contributed by atoms with Crippen molar-refractivity contribution in [1.82, 2.24) is 0 Å². The molecule has 2 aromatic carbocycles. The molecule has 2 rings (SSSR count). The molecule has 0 saturated carbocycles. The van der Waals surface area contributed by atoms with E-state index in [2.05, 4.69) is 0 Å². The van der Waals surface area contributed by atoms with Crippen LogP contribution in [-0.2, 0) is 0 Å². The molecular formula is C21H14N2O2. The third kappa shape index (κ3) is 4.60. The van der Waals surface area contributed by atoms with Crippen molar-refractivity contribution in [1.29, 1.82) is 10.5 Å². The third-order valence-corrected chi connectivity index (χ3v) is 3.45. The summed E-state index contributed by atoms with van der Waals surface area (Å²) in [6, 6.07) is 20.7. The second-order valence-corrected chi connectivity index (χ2v) is 5.11. The zero-order valence-corrected chi connectivity index (χ0v) is 13.3. The molecule has 2 aromatic rings. The molecular weight excluding hydrogens is 312 g/mol. The lowest BCUT2D eigenvalue weighted by atomic mass is 9.98. The average Bonchev–Trinajstić information content (AvgIpc) is 2.68. The molecule has 0 amide bonds. The maximum atomic E-state index is 12.3. The first kappa shape index (κ1) is 17.6. The molecule has 0 heterocycles. The van der Waals surface area contributed by atoms with E-state index >= 15 is 0 Å². The Bertz CT molecular complexity index is 898. The number of carbonyl (C=O) groups is 2. The van der Waals surface area contributed by atoms with Crippen molar-refractivity contribution in [3.63, 3.8) is 0 Å². The van der Waals surface area contributed by atoms with E-state index in [0.717, 1.165) is 0 Å². The summed E-state index contributed by atoms with van der Waals surface area (Å²) in [6.07, 6.45) is 4.09. The number of ketones is 2. The van der Waals surface area contributed by atoms with Crippen molar-refractivity contribution in [2.45, 2.75) is 0 Å². The molecule has 120 valence electrons. The summed E-state index contributed by atoms with van der Waals surface area (Å²) in [5, 5.41) is 18.4. The van der Waals surface area contributed by atoms with Crippen molar-refractivity contribution in [3.8, 4) is 12.1 Å². The Balaban J connectivity index is 2.17. The smallest absolute Gasteiger partial charge is 0.203 e. The summed E-state index contributed by atoms with van der Waals surface area (Å²) in [6.45, 7) is 0. The zero-order chi connectivity index (χ0) is 18.1. The van der Waals surface area contributed by atoms with Crippen LogP contribution in [0, 0.1) is 28.6 Å². The first-order valence-corrected chi connectivity index (χ1v) is 7.54. The minimum absolute atomic E-state index is 0.0636. The van der Waals surface area contributed by atoms with E-state index in [-0.39, 0.29) is 11.4 Å². The number of hydrogen-bond acceptors (Lipinski definition) is 4. The fraction of sp³-hybridized carbons (Fsp3) is 0.0476. The molecule has 0 spiro atoms. The minimum Gasteiger partial charge on any atom is -0.292 e. The summed E-state index contributed by atoms with van der Waals surface area (Å²) in [4.78, 5) is 24.5. The highest BCUT2D eigenvalue weighted by Gasteiger charge is 2.16. The molecule has 0 saturated heterocycles. The lowest BCUT2D eigenvalue weighted by Gasteiger charge is -2.02. The van der Waals surface area contributed by atoms with E-state index < -0.39 is 11.7 Å². The van der Waals surface area contributed by atoms with Gasteiger partial charge in [0, 0.05) is 11.1 Å². The van der Waals surface area contributed by atoms with Gasteiger partial charge in [0.05, 0.1) is 11.6 Å². The Labute approximate surface area is 146 Å². The lowest BCUT2D eigenvalue weighted by molar-refractivity contribution is 0.0967. The van der Waals surface area contributed by atoms with Crippen LogP contribution in [0.1, 0.15) is 20.7 Å². The van der Waals surface area contributed by atoms with Gasteiger partial charge in [-0.15, -0.1) is 0 Å². The maximum Gasteiger partial charge on any atom is 0.203 e. The molecule has 4 nitrogen and oxygen atoms in total. The molecule has 1 unspecified atom stereocenters. The second kappa shape index (κ2) is 8.76. The van der Waals surface area contributed by atoms with Crippen molar-refractivity contribution in [3.05, 3.63) is 95.6 Å². The molecule has 0 N–H and O–H groups in total. The topological polar surface area (TPSA) is 81.7 Å². The van der Waals surface area contributed by atoms with Crippen LogP contribution in [0.4, 0.5) is 0 Å². The molecule has 0 aliphatic heterocycles. The number of carbonyl (C=O) groups excluding carboxylic acids is 2. The highest BCUT2D eigenvalue weighted by Crippen LogP contribution is 2.11. The van der Waals surface area contributed by atoms with E-state index in [9.17, 15) is 14.9 Å². The Kier molecular flexibility index (Phi) is 6.17. The maximum absolute atomic E-state index is 12.3. The fourth-order valence-electron chi connectivity index (χ4n) is 2.14. The number of allylic oxidation sites excluding steroid dienone is 4. The third-order valence-electron chi connectivity index (χ3n) is 3.45. The van der Waals surface area contributed by atoms with Gasteiger partial charge < -0.3 is 0 Å². The van der Waals surface area contributed by atoms with Crippen LogP contribution in [0.5, 0.6) is 0 Å². The number of hydrogen-bond donors (Lipinski definition) is 0. The van der Waals surface area contributed by atoms with Gasteiger partial charge in [0.1, 0.15) is 12.0 Å². The molecule has 0 aliphatic carbocycles. The molecule has 0 radical (unpaired) electrons. The highest BCUT2D eigenvalue weighted by atomic mass is 16.1. The van der Waals surface area contributed by atoms with Crippen LogP contribution in [0.15, 0.2) is 84.5 Å². The monoisotopic (exact) mass is 326 g/mol. The quantitative estimate of drug-likeness (QED) is 0.349. The van der Waals surface area contributed by atoms with E-state index in [1.54, 1.807) is 60.7 Å². The summed E-state index contributed by atoms with van der Waals surface area (Å²) < 4.78 is 0. The predicted molar refractivity (Wildman–Crippen MR) is 93.5 cm³/mol. The summed E-state index contributed by atoms with van der Waals surface area (Å²) in [7, 11) is 0. The Morgan fingerprint density at radius 1 is 0.880 bits per heavy atom. The molecule has 0 fully saturated rings. The standard InChI is InChI=1S/C21H14N2O2/c22-14-18(20(24)16-8-3-1-4-9-16)12-7-13-19(15-23)21(25)17-10-5-2-6-11-17/h1-13,18H. The van der Waals surface area contributed by atoms with Crippen LogP contribution < -0.4 is 0 Å². The van der Waals surface area contributed by atoms with Crippen molar-refractivity contribution >= 4 is 11.6 Å². The zero-order valence-electron chi connectivity index (χ0n) is 13.3. The van der Waals surface area contributed by atoms with Gasteiger partial charge in [0.15, 0.2) is 5.78 Å². The van der Waals surface area contributed by atoms with E-state index in [1.165, 1.54) is 18.2 Å². The van der Waals surface area contributed by atoms with Gasteiger partial charge >= 0.3 is 0 Å². The number of nitriles is 2. The Morgan fingerprint density at radius 3 is 1.96 bits per heavy atom.